The van der Waals surface area contributed by atoms with E-state index in [1.807, 2.05) is 0 Å². The SMILES string of the molecule is COc1ccc(C(=O)OC(Cc2c(Cl)cncc2Cl)c2ccc(OC(F)F)c(OCC3CC3)c2)cc1NC(=O)CCl. The van der Waals surface area contributed by atoms with Gasteiger partial charge >= 0.3 is 12.6 Å². The molecule has 13 heteroatoms. The number of rotatable bonds is 13. The Balaban J connectivity index is 1.69. The zero-order valence-electron chi connectivity index (χ0n) is 21.7. The lowest BCUT2D eigenvalue weighted by molar-refractivity contribution is -0.113. The maximum atomic E-state index is 13.4. The molecule has 1 heterocycles. The molecular weight excluding hydrogens is 605 g/mol. The van der Waals surface area contributed by atoms with Gasteiger partial charge in [0.05, 0.1) is 35.0 Å². The Labute approximate surface area is 249 Å². The van der Waals surface area contributed by atoms with Crippen molar-refractivity contribution in [1.82, 2.24) is 4.98 Å². The number of methoxy groups -OCH3 is 1. The lowest BCUT2D eigenvalue weighted by Crippen LogP contribution is -2.17. The van der Waals surface area contributed by atoms with Crippen LogP contribution in [0.4, 0.5) is 14.5 Å². The molecule has 1 aliphatic rings. The number of pyridine rings is 1. The van der Waals surface area contributed by atoms with Crippen molar-refractivity contribution in [3.63, 3.8) is 0 Å². The molecule has 0 spiro atoms. The first-order valence-electron chi connectivity index (χ1n) is 12.4. The number of alkyl halides is 3. The highest BCUT2D eigenvalue weighted by atomic mass is 35.5. The molecule has 1 amide bonds. The van der Waals surface area contributed by atoms with Crippen molar-refractivity contribution in [2.24, 2.45) is 5.92 Å². The molecule has 4 rings (SSSR count). The lowest BCUT2D eigenvalue weighted by Gasteiger charge is -2.22. The van der Waals surface area contributed by atoms with Gasteiger partial charge in [0.1, 0.15) is 17.7 Å². The number of amides is 1. The average molecular weight is 630 g/mol. The van der Waals surface area contributed by atoms with E-state index >= 15 is 0 Å². The third kappa shape index (κ3) is 8.34. The minimum absolute atomic E-state index is 0.0229. The monoisotopic (exact) mass is 628 g/mol. The molecule has 1 atom stereocenters. The molecule has 0 aliphatic heterocycles. The van der Waals surface area contributed by atoms with E-state index in [2.05, 4.69) is 15.0 Å². The van der Waals surface area contributed by atoms with E-state index in [1.54, 1.807) is 0 Å². The highest BCUT2D eigenvalue weighted by Crippen LogP contribution is 2.38. The third-order valence-corrected chi connectivity index (χ3v) is 7.04. The normalized spacial score (nSPS) is 13.4. The summed E-state index contributed by atoms with van der Waals surface area (Å²) in [7, 11) is 1.41. The maximum absolute atomic E-state index is 13.4. The number of aromatic nitrogens is 1. The molecule has 218 valence electrons. The molecule has 1 aliphatic carbocycles. The number of halogens is 5. The Morgan fingerprint density at radius 3 is 2.39 bits per heavy atom. The summed E-state index contributed by atoms with van der Waals surface area (Å²) in [5, 5.41) is 3.06. The Hall–Kier alpha value is -3.34. The Kier molecular flexibility index (Phi) is 10.5. The van der Waals surface area contributed by atoms with Crippen LogP contribution in [0.2, 0.25) is 10.0 Å². The smallest absolute Gasteiger partial charge is 0.387 e. The van der Waals surface area contributed by atoms with Crippen molar-refractivity contribution >= 4 is 52.4 Å². The molecule has 1 fully saturated rings. The summed E-state index contributed by atoms with van der Waals surface area (Å²) in [6, 6.07) is 8.65. The quantitative estimate of drug-likeness (QED) is 0.159. The molecular formula is C28H25Cl3F2N2O6. The van der Waals surface area contributed by atoms with E-state index in [9.17, 15) is 18.4 Å². The predicted molar refractivity (Wildman–Crippen MR) is 150 cm³/mol. The van der Waals surface area contributed by atoms with Gasteiger partial charge in [-0.05, 0) is 60.2 Å². The van der Waals surface area contributed by atoms with E-state index in [1.165, 1.54) is 55.9 Å². The van der Waals surface area contributed by atoms with Gasteiger partial charge < -0.3 is 24.3 Å². The van der Waals surface area contributed by atoms with Crippen LogP contribution < -0.4 is 19.5 Å². The van der Waals surface area contributed by atoms with Gasteiger partial charge in [-0.15, -0.1) is 11.6 Å². The lowest BCUT2D eigenvalue weighted by atomic mass is 10.0. The average Bonchev–Trinajstić information content (AvgIpc) is 3.78. The van der Waals surface area contributed by atoms with Crippen molar-refractivity contribution in [2.75, 3.05) is 24.9 Å². The molecule has 0 radical (unpaired) electrons. The second-order valence-electron chi connectivity index (χ2n) is 9.12. The Morgan fingerprint density at radius 2 is 1.76 bits per heavy atom. The molecule has 1 aromatic heterocycles. The molecule has 1 saturated carbocycles. The van der Waals surface area contributed by atoms with Crippen molar-refractivity contribution in [2.45, 2.75) is 32.0 Å². The Bertz CT molecular complexity index is 1390. The number of benzene rings is 2. The van der Waals surface area contributed by atoms with Crippen molar-refractivity contribution < 1.29 is 37.3 Å². The predicted octanol–water partition coefficient (Wildman–Crippen LogP) is 7.11. The largest absolute Gasteiger partial charge is 0.495 e. The number of ether oxygens (including phenoxy) is 4. The number of nitrogens with zero attached hydrogens (tertiary/aromatic N) is 1. The number of hydrogen-bond donors (Lipinski definition) is 1. The van der Waals surface area contributed by atoms with Crippen LogP contribution in [0.25, 0.3) is 0 Å². The van der Waals surface area contributed by atoms with Crippen molar-refractivity contribution in [3.8, 4) is 17.2 Å². The van der Waals surface area contributed by atoms with E-state index in [0.717, 1.165) is 12.8 Å². The van der Waals surface area contributed by atoms with Gasteiger partial charge in [-0.2, -0.15) is 8.78 Å². The highest BCUT2D eigenvalue weighted by molar-refractivity contribution is 6.35. The number of carbonyl (C=O) groups excluding carboxylic acids is 2. The summed E-state index contributed by atoms with van der Waals surface area (Å²) in [6.07, 6.45) is 3.81. The first kappa shape index (κ1) is 30.6. The molecule has 3 aromatic rings. The standard InChI is InChI=1S/C28H25Cl3F2N2O6/c1-38-22-6-5-17(8-21(22)35-26(36)11-29)27(37)40-24(10-18-19(30)12-34-13-20(18)31)16-4-7-23(41-28(32)33)25(9-16)39-14-15-2-3-15/h4-9,12-13,15,24,28H,2-3,10-11,14H2,1H3,(H,35,36). The van der Waals surface area contributed by atoms with Crippen LogP contribution in [0.1, 0.15) is 40.4 Å². The molecule has 0 bridgehead atoms. The summed E-state index contributed by atoms with van der Waals surface area (Å²) in [6.45, 7) is -2.73. The van der Waals surface area contributed by atoms with Crippen LogP contribution in [0, 0.1) is 5.92 Å². The van der Waals surface area contributed by atoms with Crippen LogP contribution in [-0.2, 0) is 16.0 Å². The van der Waals surface area contributed by atoms with Crippen molar-refractivity contribution in [3.05, 3.63) is 75.5 Å². The molecule has 1 unspecified atom stereocenters. The minimum Gasteiger partial charge on any atom is -0.495 e. The third-order valence-electron chi connectivity index (χ3n) is 6.15. The van der Waals surface area contributed by atoms with Gasteiger partial charge in [-0.25, -0.2) is 4.79 Å². The van der Waals surface area contributed by atoms with Gasteiger partial charge in [0.15, 0.2) is 11.5 Å². The van der Waals surface area contributed by atoms with Crippen molar-refractivity contribution in [1.29, 1.82) is 0 Å². The van der Waals surface area contributed by atoms with Gasteiger partial charge in [0, 0.05) is 18.8 Å². The van der Waals surface area contributed by atoms with Crippen LogP contribution >= 0.6 is 34.8 Å². The highest BCUT2D eigenvalue weighted by Gasteiger charge is 2.26. The van der Waals surface area contributed by atoms with Crippen LogP contribution in [0.3, 0.4) is 0 Å². The summed E-state index contributed by atoms with van der Waals surface area (Å²) >= 11 is 18.3. The first-order chi connectivity index (χ1) is 19.7. The van der Waals surface area contributed by atoms with Gasteiger partial charge in [-0.3, -0.25) is 9.78 Å². The van der Waals surface area contributed by atoms with E-state index in [-0.39, 0.29) is 45.1 Å². The van der Waals surface area contributed by atoms with Crippen LogP contribution in [0.15, 0.2) is 48.8 Å². The number of esters is 1. The van der Waals surface area contributed by atoms with Crippen LogP contribution in [0.5, 0.6) is 17.2 Å². The fraction of sp³-hybridized carbons (Fsp3) is 0.321. The summed E-state index contributed by atoms with van der Waals surface area (Å²) in [4.78, 5) is 29.2. The second kappa shape index (κ2) is 14.0. The van der Waals surface area contributed by atoms with E-state index in [0.29, 0.717) is 29.4 Å². The molecule has 8 nitrogen and oxygen atoms in total. The van der Waals surface area contributed by atoms with E-state index in [4.69, 9.17) is 49.0 Å². The molecule has 1 N–H and O–H groups in total. The Morgan fingerprint density at radius 1 is 1.05 bits per heavy atom. The summed E-state index contributed by atoms with van der Waals surface area (Å²) in [5.41, 5.74) is 1.18. The molecule has 2 aromatic carbocycles. The fourth-order valence-corrected chi connectivity index (χ4v) is 4.47. The summed E-state index contributed by atoms with van der Waals surface area (Å²) < 4.78 is 47.7. The van der Waals surface area contributed by atoms with Crippen LogP contribution in [-0.4, -0.2) is 43.1 Å². The number of anilines is 1. The topological polar surface area (TPSA) is 96.0 Å². The zero-order chi connectivity index (χ0) is 29.5. The number of carbonyl (C=O) groups is 2. The second-order valence-corrected chi connectivity index (χ2v) is 10.2. The van der Waals surface area contributed by atoms with Gasteiger partial charge in [-0.1, -0.05) is 29.3 Å². The van der Waals surface area contributed by atoms with Gasteiger partial charge in [0.25, 0.3) is 0 Å². The van der Waals surface area contributed by atoms with Gasteiger partial charge in [0.2, 0.25) is 5.91 Å². The molecule has 41 heavy (non-hydrogen) atoms. The fourth-order valence-electron chi connectivity index (χ4n) is 3.88. The minimum atomic E-state index is -3.06. The first-order valence-corrected chi connectivity index (χ1v) is 13.7. The number of nitrogens with one attached hydrogen (secondary N) is 1. The summed E-state index contributed by atoms with van der Waals surface area (Å²) in [5.74, 6) is -0.982. The molecule has 0 saturated heterocycles. The maximum Gasteiger partial charge on any atom is 0.387 e. The zero-order valence-corrected chi connectivity index (χ0v) is 23.9. The van der Waals surface area contributed by atoms with E-state index < -0.39 is 24.6 Å². The number of hydrogen-bond acceptors (Lipinski definition) is 7.